The second-order valence-corrected chi connectivity index (χ2v) is 8.31. The van der Waals surface area contributed by atoms with Crippen LogP contribution in [-0.4, -0.2) is 11.6 Å². The van der Waals surface area contributed by atoms with Gasteiger partial charge in [-0.05, 0) is 48.6 Å². The van der Waals surface area contributed by atoms with Crippen LogP contribution in [-0.2, 0) is 6.42 Å². The van der Waals surface area contributed by atoms with Crippen LogP contribution in [0.4, 0.5) is 0 Å². The molecule has 2 rings (SSSR count). The van der Waals surface area contributed by atoms with Crippen molar-refractivity contribution in [3.05, 3.63) is 59.4 Å². The number of hydrogen-bond donors (Lipinski definition) is 0. The van der Waals surface area contributed by atoms with E-state index in [0.29, 0.717) is 5.92 Å². The van der Waals surface area contributed by atoms with Gasteiger partial charge in [0.25, 0.3) is 0 Å². The van der Waals surface area contributed by atoms with E-state index < -0.39 is 0 Å². The Morgan fingerprint density at radius 3 is 2.07 bits per heavy atom. The van der Waals surface area contributed by atoms with E-state index in [1.165, 1.54) is 68.9 Å². The van der Waals surface area contributed by atoms with Crippen LogP contribution in [0.25, 0.3) is 0 Å². The Morgan fingerprint density at radius 1 is 0.759 bits per heavy atom. The van der Waals surface area contributed by atoms with Gasteiger partial charge in [-0.1, -0.05) is 90.3 Å². The molecule has 2 aromatic rings. The second kappa shape index (κ2) is 14.2. The largest absolute Gasteiger partial charge is 0.494 e. The number of unbranched alkanes of at least 4 members (excludes halogenated alkanes) is 8. The van der Waals surface area contributed by atoms with Crippen molar-refractivity contribution in [1.29, 1.82) is 0 Å². The van der Waals surface area contributed by atoms with Gasteiger partial charge in [0.05, 0.1) is 6.61 Å². The Morgan fingerprint density at radius 2 is 1.41 bits per heavy atom. The van der Waals surface area contributed by atoms with Gasteiger partial charge in [0, 0.05) is 17.8 Å². The number of ether oxygens (including phenoxy) is 1. The van der Waals surface area contributed by atoms with Gasteiger partial charge in [-0.3, -0.25) is 4.98 Å². The molecule has 1 aromatic heterocycles. The maximum atomic E-state index is 5.91. The lowest BCUT2D eigenvalue weighted by molar-refractivity contribution is 0.304. The Balaban J connectivity index is 1.75. The monoisotopic (exact) mass is 395 g/mol. The average Bonchev–Trinajstić information content (AvgIpc) is 2.76. The summed E-state index contributed by atoms with van der Waals surface area (Å²) >= 11 is 0. The fourth-order valence-corrected chi connectivity index (χ4v) is 3.69. The van der Waals surface area contributed by atoms with E-state index in [9.17, 15) is 0 Å². The lowest BCUT2D eigenvalue weighted by Gasteiger charge is -2.13. The summed E-state index contributed by atoms with van der Waals surface area (Å²) in [4.78, 5) is 4.74. The molecule has 2 nitrogen and oxygen atoms in total. The molecule has 2 heteroatoms. The first-order chi connectivity index (χ1) is 14.2. The molecular formula is C27H41NO. The van der Waals surface area contributed by atoms with Gasteiger partial charge < -0.3 is 4.74 Å². The normalized spacial score (nSPS) is 12.1. The third-order valence-electron chi connectivity index (χ3n) is 5.76. The SMILES string of the molecule is CCCCCCCCOc1ccc(C(C)c2ccc(CCCCCC)cn2)cc1. The minimum atomic E-state index is 0.303. The quantitative estimate of drug-likeness (QED) is 0.284. The minimum absolute atomic E-state index is 0.303. The molecule has 0 aliphatic carbocycles. The number of aromatic nitrogens is 1. The van der Waals surface area contributed by atoms with E-state index in [4.69, 9.17) is 9.72 Å². The number of rotatable bonds is 15. The Kier molecular flexibility index (Phi) is 11.5. The van der Waals surface area contributed by atoms with Crippen LogP contribution in [0.5, 0.6) is 5.75 Å². The molecule has 0 aliphatic rings. The van der Waals surface area contributed by atoms with Crippen molar-refractivity contribution in [2.45, 2.75) is 97.3 Å². The third-order valence-corrected chi connectivity index (χ3v) is 5.76. The summed E-state index contributed by atoms with van der Waals surface area (Å²) < 4.78 is 5.91. The molecule has 160 valence electrons. The minimum Gasteiger partial charge on any atom is -0.494 e. The summed E-state index contributed by atoms with van der Waals surface area (Å²) in [6, 6.07) is 13.0. The molecule has 0 radical (unpaired) electrons. The van der Waals surface area contributed by atoms with Gasteiger partial charge in [0.15, 0.2) is 0 Å². The first-order valence-electron chi connectivity index (χ1n) is 11.9. The van der Waals surface area contributed by atoms with Gasteiger partial charge in [-0.25, -0.2) is 0 Å². The van der Waals surface area contributed by atoms with Gasteiger partial charge in [-0.15, -0.1) is 0 Å². The van der Waals surface area contributed by atoms with Crippen molar-refractivity contribution < 1.29 is 4.74 Å². The zero-order valence-corrected chi connectivity index (χ0v) is 19.0. The molecule has 29 heavy (non-hydrogen) atoms. The predicted octanol–water partition coefficient (Wildman–Crippen LogP) is 8.10. The molecule has 0 fully saturated rings. The van der Waals surface area contributed by atoms with E-state index in [0.717, 1.165) is 30.9 Å². The van der Waals surface area contributed by atoms with Gasteiger partial charge >= 0.3 is 0 Å². The summed E-state index contributed by atoms with van der Waals surface area (Å²) in [5.41, 5.74) is 3.79. The number of nitrogens with zero attached hydrogens (tertiary/aromatic N) is 1. The van der Waals surface area contributed by atoms with E-state index in [1.54, 1.807) is 0 Å². The number of benzene rings is 1. The molecular weight excluding hydrogens is 354 g/mol. The third kappa shape index (κ3) is 9.02. The predicted molar refractivity (Wildman–Crippen MR) is 125 cm³/mol. The van der Waals surface area contributed by atoms with Gasteiger partial charge in [-0.2, -0.15) is 0 Å². The van der Waals surface area contributed by atoms with E-state index in [2.05, 4.69) is 63.4 Å². The van der Waals surface area contributed by atoms with Gasteiger partial charge in [0.2, 0.25) is 0 Å². The van der Waals surface area contributed by atoms with Crippen LogP contribution in [0.15, 0.2) is 42.6 Å². The smallest absolute Gasteiger partial charge is 0.119 e. The fraction of sp³-hybridized carbons (Fsp3) is 0.593. The number of hydrogen-bond acceptors (Lipinski definition) is 2. The summed E-state index contributed by atoms with van der Waals surface area (Å²) in [6.07, 6.45) is 16.2. The van der Waals surface area contributed by atoms with Gasteiger partial charge in [0.1, 0.15) is 5.75 Å². The van der Waals surface area contributed by atoms with E-state index in [1.807, 2.05) is 0 Å². The van der Waals surface area contributed by atoms with Crippen LogP contribution in [0, 0.1) is 0 Å². The van der Waals surface area contributed by atoms with Crippen molar-refractivity contribution in [3.8, 4) is 5.75 Å². The maximum Gasteiger partial charge on any atom is 0.119 e. The fourth-order valence-electron chi connectivity index (χ4n) is 3.69. The number of pyridine rings is 1. The molecule has 0 amide bonds. The molecule has 1 aromatic carbocycles. The Bertz CT molecular complexity index is 647. The highest BCUT2D eigenvalue weighted by Crippen LogP contribution is 2.25. The molecule has 0 N–H and O–H groups in total. The summed E-state index contributed by atoms with van der Waals surface area (Å²) in [6.45, 7) is 7.57. The Hall–Kier alpha value is -1.83. The van der Waals surface area contributed by atoms with Crippen LogP contribution in [0.2, 0.25) is 0 Å². The lowest BCUT2D eigenvalue weighted by atomic mass is 9.96. The first-order valence-corrected chi connectivity index (χ1v) is 11.9. The highest BCUT2D eigenvalue weighted by atomic mass is 16.5. The van der Waals surface area contributed by atoms with Crippen LogP contribution in [0.3, 0.4) is 0 Å². The number of aryl methyl sites for hydroxylation is 1. The molecule has 0 saturated carbocycles. The molecule has 1 unspecified atom stereocenters. The van der Waals surface area contributed by atoms with Crippen LogP contribution in [0.1, 0.15) is 108 Å². The molecule has 1 atom stereocenters. The summed E-state index contributed by atoms with van der Waals surface area (Å²) in [7, 11) is 0. The maximum absolute atomic E-state index is 5.91. The van der Waals surface area contributed by atoms with Crippen LogP contribution < -0.4 is 4.74 Å². The van der Waals surface area contributed by atoms with Crippen molar-refractivity contribution in [2.24, 2.45) is 0 Å². The summed E-state index contributed by atoms with van der Waals surface area (Å²) in [5, 5.41) is 0. The standard InChI is InChI=1S/C27H41NO/c1-4-6-8-10-11-13-21-29-26-18-16-25(17-19-26)23(3)27-20-15-24(22-28-27)14-12-9-7-5-2/h15-20,22-23H,4-14,21H2,1-3H3. The van der Waals surface area contributed by atoms with Crippen molar-refractivity contribution in [1.82, 2.24) is 4.98 Å². The molecule has 1 heterocycles. The van der Waals surface area contributed by atoms with E-state index in [-0.39, 0.29) is 0 Å². The zero-order valence-electron chi connectivity index (χ0n) is 19.0. The summed E-state index contributed by atoms with van der Waals surface area (Å²) in [5.74, 6) is 1.28. The van der Waals surface area contributed by atoms with Crippen molar-refractivity contribution >= 4 is 0 Å². The lowest BCUT2D eigenvalue weighted by Crippen LogP contribution is -2.01. The average molecular weight is 396 g/mol. The molecule has 0 aliphatic heterocycles. The molecule has 0 saturated heterocycles. The van der Waals surface area contributed by atoms with Crippen LogP contribution >= 0.6 is 0 Å². The van der Waals surface area contributed by atoms with Crippen molar-refractivity contribution in [2.75, 3.05) is 6.61 Å². The Labute approximate surface area is 179 Å². The molecule has 0 bridgehead atoms. The topological polar surface area (TPSA) is 22.1 Å². The van der Waals surface area contributed by atoms with E-state index >= 15 is 0 Å². The molecule has 0 spiro atoms. The highest BCUT2D eigenvalue weighted by molar-refractivity contribution is 5.33. The second-order valence-electron chi connectivity index (χ2n) is 8.31. The zero-order chi connectivity index (χ0) is 20.7. The highest BCUT2D eigenvalue weighted by Gasteiger charge is 2.10. The van der Waals surface area contributed by atoms with Crippen molar-refractivity contribution in [3.63, 3.8) is 0 Å². The first kappa shape index (κ1) is 23.4.